The molecule has 1 aromatic rings. The van der Waals surface area contributed by atoms with Crippen molar-refractivity contribution in [3.05, 3.63) is 20.8 Å². The van der Waals surface area contributed by atoms with E-state index in [9.17, 15) is 0 Å². The Morgan fingerprint density at radius 1 is 1.64 bits per heavy atom. The van der Waals surface area contributed by atoms with Gasteiger partial charge in [0.05, 0.1) is 0 Å². The molecule has 0 bridgehead atoms. The summed E-state index contributed by atoms with van der Waals surface area (Å²) in [6.07, 6.45) is 1.27. The van der Waals surface area contributed by atoms with Crippen molar-refractivity contribution in [2.45, 2.75) is 19.1 Å². The van der Waals surface area contributed by atoms with Gasteiger partial charge in [-0.1, -0.05) is 6.92 Å². The van der Waals surface area contributed by atoms with E-state index in [1.807, 2.05) is 23.1 Å². The van der Waals surface area contributed by atoms with E-state index < -0.39 is 0 Å². The molecule has 0 aliphatic rings. The van der Waals surface area contributed by atoms with E-state index >= 15 is 0 Å². The van der Waals surface area contributed by atoms with Gasteiger partial charge in [-0.3, -0.25) is 0 Å². The molecule has 0 aliphatic carbocycles. The van der Waals surface area contributed by atoms with Gasteiger partial charge < -0.3 is 0 Å². The number of hydrogen-bond acceptors (Lipinski definition) is 2. The summed E-state index contributed by atoms with van der Waals surface area (Å²) < 4.78 is 1.27. The Bertz CT molecular complexity index is 208. The van der Waals surface area contributed by atoms with Crippen molar-refractivity contribution in [1.82, 2.24) is 0 Å². The minimum Gasteiger partial charge on any atom is -0.156 e. The van der Waals surface area contributed by atoms with E-state index in [0.717, 1.165) is 5.75 Å². The fourth-order valence-electron chi connectivity index (χ4n) is 0.737. The topological polar surface area (TPSA) is 0 Å². The molecule has 0 fully saturated rings. The number of halogens is 1. The van der Waals surface area contributed by atoms with Crippen LogP contribution in [-0.4, -0.2) is 5.75 Å². The Labute approximate surface area is 84.5 Å². The lowest BCUT2D eigenvalue weighted by molar-refractivity contribution is 1.10. The Morgan fingerprint density at radius 2 is 2.45 bits per heavy atom. The minimum absolute atomic E-state index is 1.16. The third-order valence-corrected chi connectivity index (χ3v) is 4.57. The molecule has 0 atom stereocenters. The lowest BCUT2D eigenvalue weighted by atomic mass is 10.5. The van der Waals surface area contributed by atoms with E-state index in [4.69, 9.17) is 0 Å². The molecule has 0 amide bonds. The SMILES string of the molecule is CCCSCc1sccc1Br. The first-order chi connectivity index (χ1) is 5.34. The second kappa shape index (κ2) is 5.22. The fourth-order valence-corrected chi connectivity index (χ4v) is 3.50. The predicted molar refractivity (Wildman–Crippen MR) is 58.5 cm³/mol. The summed E-state index contributed by atoms with van der Waals surface area (Å²) in [4.78, 5) is 1.46. The highest BCUT2D eigenvalue weighted by atomic mass is 79.9. The van der Waals surface area contributed by atoms with Crippen molar-refractivity contribution in [1.29, 1.82) is 0 Å². The van der Waals surface area contributed by atoms with Crippen molar-refractivity contribution in [2.75, 3.05) is 5.75 Å². The molecule has 1 rings (SSSR count). The molecule has 0 spiro atoms. The number of hydrogen-bond donors (Lipinski definition) is 0. The van der Waals surface area contributed by atoms with Gasteiger partial charge in [0, 0.05) is 15.1 Å². The fraction of sp³-hybridized carbons (Fsp3) is 0.500. The van der Waals surface area contributed by atoms with Gasteiger partial charge in [-0.2, -0.15) is 11.8 Å². The van der Waals surface area contributed by atoms with Crippen molar-refractivity contribution >= 4 is 39.0 Å². The maximum Gasteiger partial charge on any atom is 0.0322 e. The summed E-state index contributed by atoms with van der Waals surface area (Å²) in [7, 11) is 0. The Kier molecular flexibility index (Phi) is 4.57. The van der Waals surface area contributed by atoms with Crippen LogP contribution in [-0.2, 0) is 5.75 Å². The van der Waals surface area contributed by atoms with Crippen molar-refractivity contribution < 1.29 is 0 Å². The largest absolute Gasteiger partial charge is 0.156 e. The van der Waals surface area contributed by atoms with E-state index in [0.29, 0.717) is 0 Å². The van der Waals surface area contributed by atoms with Gasteiger partial charge in [0.1, 0.15) is 0 Å². The van der Waals surface area contributed by atoms with Gasteiger partial charge in [0.25, 0.3) is 0 Å². The zero-order chi connectivity index (χ0) is 8.10. The summed E-state index contributed by atoms with van der Waals surface area (Å²) in [5.74, 6) is 2.43. The van der Waals surface area contributed by atoms with Gasteiger partial charge in [-0.05, 0) is 39.6 Å². The summed E-state index contributed by atoms with van der Waals surface area (Å²) in [5.41, 5.74) is 0. The minimum atomic E-state index is 1.16. The molecule has 1 aromatic heterocycles. The molecule has 3 heteroatoms. The average molecular weight is 251 g/mol. The monoisotopic (exact) mass is 250 g/mol. The van der Waals surface area contributed by atoms with Crippen LogP contribution in [0.4, 0.5) is 0 Å². The molecule has 0 nitrogen and oxygen atoms in total. The normalized spacial score (nSPS) is 10.4. The third-order valence-electron chi connectivity index (χ3n) is 1.27. The Balaban J connectivity index is 2.32. The highest BCUT2D eigenvalue weighted by Crippen LogP contribution is 2.26. The van der Waals surface area contributed by atoms with Crippen LogP contribution in [0.2, 0.25) is 0 Å². The maximum absolute atomic E-state index is 3.52. The molecular formula is C8H11BrS2. The predicted octanol–water partition coefficient (Wildman–Crippen LogP) is 4.15. The highest BCUT2D eigenvalue weighted by Gasteiger charge is 1.99. The molecule has 0 N–H and O–H groups in total. The second-order valence-corrected chi connectivity index (χ2v) is 5.20. The molecular weight excluding hydrogens is 240 g/mol. The van der Waals surface area contributed by atoms with Gasteiger partial charge in [0.15, 0.2) is 0 Å². The van der Waals surface area contributed by atoms with Crippen LogP contribution in [0, 0.1) is 0 Å². The lowest BCUT2D eigenvalue weighted by Crippen LogP contribution is -1.77. The van der Waals surface area contributed by atoms with E-state index in [1.54, 1.807) is 0 Å². The average Bonchev–Trinajstić information content (AvgIpc) is 2.37. The summed E-state index contributed by atoms with van der Waals surface area (Å²) in [6, 6.07) is 2.12. The first kappa shape index (κ1) is 9.62. The third kappa shape index (κ3) is 3.18. The van der Waals surface area contributed by atoms with E-state index in [-0.39, 0.29) is 0 Å². The van der Waals surface area contributed by atoms with Crippen LogP contribution < -0.4 is 0 Å². The first-order valence-electron chi connectivity index (χ1n) is 3.64. The number of thioether (sulfide) groups is 1. The molecule has 0 aromatic carbocycles. The van der Waals surface area contributed by atoms with Crippen LogP contribution in [0.25, 0.3) is 0 Å². The van der Waals surface area contributed by atoms with E-state index in [1.165, 1.54) is 21.5 Å². The van der Waals surface area contributed by atoms with Gasteiger partial charge >= 0.3 is 0 Å². The zero-order valence-corrected chi connectivity index (χ0v) is 9.69. The van der Waals surface area contributed by atoms with Crippen molar-refractivity contribution in [2.24, 2.45) is 0 Å². The quantitative estimate of drug-likeness (QED) is 0.724. The van der Waals surface area contributed by atoms with E-state index in [2.05, 4.69) is 34.3 Å². The standard InChI is InChI=1S/C8H11BrS2/c1-2-4-10-6-8-7(9)3-5-11-8/h3,5H,2,4,6H2,1H3. The summed E-state index contributed by atoms with van der Waals surface area (Å²) >= 11 is 7.35. The van der Waals surface area contributed by atoms with Crippen molar-refractivity contribution in [3.8, 4) is 0 Å². The summed E-state index contributed by atoms with van der Waals surface area (Å²) in [6.45, 7) is 2.22. The molecule has 0 aliphatic heterocycles. The van der Waals surface area contributed by atoms with Crippen LogP contribution in [0.5, 0.6) is 0 Å². The van der Waals surface area contributed by atoms with Gasteiger partial charge in [0.2, 0.25) is 0 Å². The maximum atomic E-state index is 3.52. The lowest BCUT2D eigenvalue weighted by Gasteiger charge is -1.96. The first-order valence-corrected chi connectivity index (χ1v) is 6.47. The molecule has 1 heterocycles. The molecule has 62 valence electrons. The van der Waals surface area contributed by atoms with Gasteiger partial charge in [-0.15, -0.1) is 11.3 Å². The highest BCUT2D eigenvalue weighted by molar-refractivity contribution is 9.10. The van der Waals surface area contributed by atoms with Crippen LogP contribution in [0.15, 0.2) is 15.9 Å². The van der Waals surface area contributed by atoms with Crippen LogP contribution in [0.3, 0.4) is 0 Å². The van der Waals surface area contributed by atoms with Crippen LogP contribution in [0.1, 0.15) is 18.2 Å². The molecule has 0 unspecified atom stereocenters. The molecule has 0 saturated carbocycles. The van der Waals surface area contributed by atoms with Crippen molar-refractivity contribution in [3.63, 3.8) is 0 Å². The smallest absolute Gasteiger partial charge is 0.0322 e. The second-order valence-electron chi connectivity index (χ2n) is 2.24. The Hall–Kier alpha value is 0.530. The molecule has 0 radical (unpaired) electrons. The summed E-state index contributed by atoms with van der Waals surface area (Å²) in [5, 5.41) is 2.13. The van der Waals surface area contributed by atoms with Crippen LogP contribution >= 0.6 is 39.0 Å². The number of rotatable bonds is 4. The molecule has 0 saturated heterocycles. The zero-order valence-electron chi connectivity index (χ0n) is 6.47. The number of thiophene rings is 1. The van der Waals surface area contributed by atoms with Gasteiger partial charge in [-0.25, -0.2) is 0 Å². The Morgan fingerprint density at radius 3 is 3.00 bits per heavy atom. The molecule has 11 heavy (non-hydrogen) atoms.